The van der Waals surface area contributed by atoms with Crippen molar-refractivity contribution in [3.05, 3.63) is 0 Å². The third-order valence-electron chi connectivity index (χ3n) is 3.33. The van der Waals surface area contributed by atoms with Gasteiger partial charge in [-0.2, -0.15) is 0 Å². The van der Waals surface area contributed by atoms with E-state index >= 15 is 0 Å². The van der Waals surface area contributed by atoms with Crippen LogP contribution in [-0.4, -0.2) is 88.5 Å². The molecule has 0 aromatic rings. The monoisotopic (exact) mass is 445 g/mol. The summed E-state index contributed by atoms with van der Waals surface area (Å²) in [6.45, 7) is 9.93. The molecule has 11 heteroatoms. The Balaban J connectivity index is -0.000000383. The highest BCUT2D eigenvalue weighted by Crippen LogP contribution is 2.18. The van der Waals surface area contributed by atoms with Crippen molar-refractivity contribution < 1.29 is 15.0 Å². The molecule has 0 fully saturated rings. The molecule has 0 saturated carbocycles. The summed E-state index contributed by atoms with van der Waals surface area (Å²) in [7, 11) is 12.2. The van der Waals surface area contributed by atoms with Gasteiger partial charge in [-0.25, -0.2) is 0 Å². The molecular formula is C18H42B3N3O3S2. The Labute approximate surface area is 190 Å². The normalized spacial score (nSPS) is 10.8. The molecule has 29 heavy (non-hydrogen) atoms. The number of hydrogen-bond donors (Lipinski definition) is 5. The van der Waals surface area contributed by atoms with E-state index in [0.29, 0.717) is 6.54 Å². The van der Waals surface area contributed by atoms with E-state index in [-0.39, 0.29) is 13.0 Å². The van der Waals surface area contributed by atoms with Crippen molar-refractivity contribution in [3.63, 3.8) is 0 Å². The second-order valence-corrected chi connectivity index (χ2v) is 8.79. The SMILES string of the molecule is CCCCCNCCSSCCN.CCCNC(CCO)C(=O)O.[B][B][B]CC. The van der Waals surface area contributed by atoms with Crippen molar-refractivity contribution in [2.75, 3.05) is 44.3 Å². The Morgan fingerprint density at radius 2 is 1.79 bits per heavy atom. The van der Waals surface area contributed by atoms with E-state index < -0.39 is 12.0 Å². The number of aliphatic hydroxyl groups excluding tert-OH is 1. The van der Waals surface area contributed by atoms with Crippen LogP contribution >= 0.6 is 21.6 Å². The maximum atomic E-state index is 10.4. The smallest absolute Gasteiger partial charge is 0.320 e. The number of nitrogens with two attached hydrogens (primary N) is 1. The molecule has 0 aromatic heterocycles. The minimum Gasteiger partial charge on any atom is -0.480 e. The summed E-state index contributed by atoms with van der Waals surface area (Å²) in [4.78, 5) is 10.4. The number of nitrogens with one attached hydrogen (secondary N) is 2. The maximum Gasteiger partial charge on any atom is 0.320 e. The summed E-state index contributed by atoms with van der Waals surface area (Å²) >= 11 is 0. The largest absolute Gasteiger partial charge is 0.480 e. The van der Waals surface area contributed by atoms with Crippen LogP contribution in [0.2, 0.25) is 6.32 Å². The number of carboxylic acid groups (broad SMARTS) is 1. The second-order valence-electron chi connectivity index (χ2n) is 6.08. The van der Waals surface area contributed by atoms with Gasteiger partial charge in [0.15, 0.2) is 0 Å². The molecule has 1 unspecified atom stereocenters. The molecule has 0 bridgehead atoms. The average Bonchev–Trinajstić information content (AvgIpc) is 2.71. The molecule has 0 rings (SSSR count). The lowest BCUT2D eigenvalue weighted by Gasteiger charge is -2.11. The Hall–Kier alpha value is 0.205. The van der Waals surface area contributed by atoms with Gasteiger partial charge in [-0.3, -0.25) is 4.79 Å². The third-order valence-corrected chi connectivity index (χ3v) is 5.77. The Bertz CT molecular complexity index is 303. The topological polar surface area (TPSA) is 108 Å². The molecule has 4 radical (unpaired) electrons. The summed E-state index contributed by atoms with van der Waals surface area (Å²) in [5.41, 5.74) is 5.37. The van der Waals surface area contributed by atoms with Gasteiger partial charge in [0.2, 0.25) is 0 Å². The first-order valence-corrected chi connectivity index (χ1v) is 13.1. The highest BCUT2D eigenvalue weighted by atomic mass is 33.1. The first-order valence-electron chi connectivity index (χ1n) is 10.6. The lowest BCUT2D eigenvalue weighted by atomic mass is 9.27. The zero-order chi connectivity index (χ0) is 22.6. The van der Waals surface area contributed by atoms with Crippen molar-refractivity contribution in [1.29, 1.82) is 0 Å². The molecule has 6 nitrogen and oxygen atoms in total. The first-order chi connectivity index (χ1) is 14.0. The zero-order valence-corrected chi connectivity index (χ0v) is 20.3. The first kappa shape index (κ1) is 33.8. The van der Waals surface area contributed by atoms with Crippen LogP contribution in [0.4, 0.5) is 0 Å². The average molecular weight is 445 g/mol. The fourth-order valence-corrected chi connectivity index (χ4v) is 3.61. The second kappa shape index (κ2) is 32.9. The highest BCUT2D eigenvalue weighted by Gasteiger charge is 2.14. The zero-order valence-electron chi connectivity index (χ0n) is 18.7. The molecule has 1 atom stereocenters. The number of rotatable bonds is 18. The molecular weight excluding hydrogens is 403 g/mol. The molecule has 0 spiro atoms. The van der Waals surface area contributed by atoms with E-state index in [4.69, 9.17) is 23.7 Å². The number of hydrogen-bond acceptors (Lipinski definition) is 7. The minimum absolute atomic E-state index is 0.0896. The van der Waals surface area contributed by atoms with Crippen LogP contribution in [0.1, 0.15) is 52.9 Å². The van der Waals surface area contributed by atoms with Gasteiger partial charge in [-0.15, -0.1) is 0 Å². The fourth-order valence-electron chi connectivity index (χ4n) is 1.80. The summed E-state index contributed by atoms with van der Waals surface area (Å²) in [6, 6.07) is -0.597. The van der Waals surface area contributed by atoms with Crippen LogP contribution in [0.15, 0.2) is 0 Å². The number of aliphatic carboxylic acids is 1. The van der Waals surface area contributed by atoms with E-state index in [2.05, 4.69) is 17.6 Å². The van der Waals surface area contributed by atoms with E-state index in [0.717, 1.165) is 31.6 Å². The summed E-state index contributed by atoms with van der Waals surface area (Å²) in [6.07, 6.45) is 6.18. The molecule has 0 aliphatic rings. The molecule has 0 heterocycles. The third kappa shape index (κ3) is 36.0. The van der Waals surface area contributed by atoms with Crippen LogP contribution in [0.3, 0.4) is 0 Å². The quantitative estimate of drug-likeness (QED) is 0.124. The van der Waals surface area contributed by atoms with Crippen LogP contribution in [-0.2, 0) is 4.79 Å². The lowest BCUT2D eigenvalue weighted by Crippen LogP contribution is -2.37. The van der Waals surface area contributed by atoms with Gasteiger partial charge in [0.1, 0.15) is 6.04 Å². The molecule has 6 N–H and O–H groups in total. The summed E-state index contributed by atoms with van der Waals surface area (Å²) < 4.78 is 0. The highest BCUT2D eigenvalue weighted by molar-refractivity contribution is 8.76. The molecule has 0 amide bonds. The maximum absolute atomic E-state index is 10.4. The van der Waals surface area contributed by atoms with E-state index in [1.807, 2.05) is 42.6 Å². The van der Waals surface area contributed by atoms with Gasteiger partial charge in [-0.05, 0) is 32.4 Å². The van der Waals surface area contributed by atoms with E-state index in [1.54, 1.807) is 7.06 Å². The van der Waals surface area contributed by atoms with Crippen LogP contribution in [0.5, 0.6) is 0 Å². The number of carboxylic acids is 1. The van der Waals surface area contributed by atoms with Crippen LogP contribution in [0, 0.1) is 0 Å². The molecule has 0 aliphatic heterocycles. The number of unbranched alkanes of at least 4 members (excludes halogenated alkanes) is 2. The van der Waals surface area contributed by atoms with Crippen molar-refractivity contribution >= 4 is 49.5 Å². The molecule has 0 saturated heterocycles. The summed E-state index contributed by atoms with van der Waals surface area (Å²) in [5.74, 6) is 1.37. The van der Waals surface area contributed by atoms with Crippen LogP contribution in [0.25, 0.3) is 0 Å². The molecule has 0 aromatic carbocycles. The van der Waals surface area contributed by atoms with Gasteiger partial charge >= 0.3 is 5.97 Å². The van der Waals surface area contributed by atoms with Gasteiger partial charge in [0.05, 0.1) is 7.17 Å². The van der Waals surface area contributed by atoms with Crippen molar-refractivity contribution in [2.45, 2.75) is 65.2 Å². The standard InChI is InChI=1S/C9H22N2S2.C7H15NO3.C2H5B3/c1-2-3-4-6-11-7-9-13-12-8-5-10;1-2-4-8-6(3-5-9)7(10)11;1-2-4-5-3/h11H,2-10H2,1H3;6,8-9H,2-5H2,1H3,(H,10,11);2H2,1H3. The predicted molar refractivity (Wildman–Crippen MR) is 136 cm³/mol. The van der Waals surface area contributed by atoms with Crippen LogP contribution < -0.4 is 16.4 Å². The van der Waals surface area contributed by atoms with Gasteiger partial charge in [0.25, 0.3) is 0 Å². The Morgan fingerprint density at radius 3 is 2.24 bits per heavy atom. The van der Waals surface area contributed by atoms with Gasteiger partial charge < -0.3 is 26.6 Å². The van der Waals surface area contributed by atoms with E-state index in [9.17, 15) is 4.79 Å². The number of aliphatic hydroxyl groups is 1. The van der Waals surface area contributed by atoms with Crippen molar-refractivity contribution in [3.8, 4) is 0 Å². The van der Waals surface area contributed by atoms with Gasteiger partial charge in [0, 0.05) is 46.0 Å². The Morgan fingerprint density at radius 1 is 1.10 bits per heavy atom. The van der Waals surface area contributed by atoms with Crippen molar-refractivity contribution in [2.24, 2.45) is 5.73 Å². The number of carbonyl (C=O) groups is 1. The van der Waals surface area contributed by atoms with E-state index in [1.165, 1.54) is 31.6 Å². The summed E-state index contributed by atoms with van der Waals surface area (Å²) in [5, 5.41) is 23.3. The van der Waals surface area contributed by atoms with Gasteiger partial charge in [-0.1, -0.05) is 61.5 Å². The lowest BCUT2D eigenvalue weighted by molar-refractivity contribution is -0.139. The Kier molecular flexibility index (Phi) is 38.3. The van der Waals surface area contributed by atoms with Crippen molar-refractivity contribution in [1.82, 2.24) is 10.6 Å². The fraction of sp³-hybridized carbons (Fsp3) is 0.944. The predicted octanol–water partition coefficient (Wildman–Crippen LogP) is 1.76. The molecule has 0 aliphatic carbocycles. The minimum atomic E-state index is -0.896. The molecule has 168 valence electrons.